The lowest BCUT2D eigenvalue weighted by atomic mass is 9.33. The minimum absolute atomic E-state index is 0.119. The molecule has 8 aliphatic rings. The molecule has 0 spiro atoms. The average molecular weight is 1090 g/mol. The highest BCUT2D eigenvalue weighted by Gasteiger charge is 2.72. The predicted octanol–water partition coefficient (Wildman–Crippen LogP) is 0.462. The molecule has 0 radical (unpaired) electrons. The smallest absolute Gasteiger partial charge is 0.340 e. The van der Waals surface area contributed by atoms with E-state index in [0.717, 1.165) is 25.7 Å². The molecule has 1 aromatic rings. The van der Waals surface area contributed by atoms with Gasteiger partial charge in [-0.3, -0.25) is 0 Å². The summed E-state index contributed by atoms with van der Waals surface area (Å²) in [5.41, 5.74) is -0.570. The summed E-state index contributed by atoms with van der Waals surface area (Å²) in [6, 6.07) is 7.17. The zero-order valence-electron chi connectivity index (χ0n) is 45.6. The second-order valence-corrected chi connectivity index (χ2v) is 26.0. The molecule has 0 amide bonds. The van der Waals surface area contributed by atoms with Crippen LogP contribution in [0.15, 0.2) is 35.9 Å². The van der Waals surface area contributed by atoms with E-state index in [1.165, 1.54) is 5.57 Å². The molecule has 77 heavy (non-hydrogen) atoms. The van der Waals surface area contributed by atoms with Gasteiger partial charge in [0.25, 0.3) is 0 Å². The number of esters is 1. The van der Waals surface area contributed by atoms with Crippen LogP contribution in [0.5, 0.6) is 0 Å². The van der Waals surface area contributed by atoms with E-state index in [1.54, 1.807) is 19.2 Å². The largest absolute Gasteiger partial charge is 0.458 e. The number of aliphatic hydroxyl groups excluding tert-OH is 12. The van der Waals surface area contributed by atoms with E-state index in [9.17, 15) is 66.1 Å². The van der Waals surface area contributed by atoms with Crippen molar-refractivity contribution in [3.8, 4) is 0 Å². The fourth-order valence-electron chi connectivity index (χ4n) is 16.4. The lowest BCUT2D eigenvalue weighted by Gasteiger charge is -2.72. The second-order valence-electron chi connectivity index (χ2n) is 26.0. The zero-order valence-corrected chi connectivity index (χ0v) is 45.6. The molecule has 0 aromatic heterocycles. The third-order valence-electron chi connectivity index (χ3n) is 21.1. The molecule has 21 heteroatoms. The van der Waals surface area contributed by atoms with Crippen molar-refractivity contribution in [1.29, 1.82) is 0 Å². The van der Waals surface area contributed by atoms with Gasteiger partial charge in [-0.25, -0.2) is 4.79 Å². The molecular weight excluding hydrogens is 1010 g/mol. The molecule has 7 fully saturated rings. The molecule has 21 nitrogen and oxygen atoms in total. The van der Waals surface area contributed by atoms with Crippen molar-refractivity contribution < 1.29 is 99.2 Å². The highest BCUT2D eigenvalue weighted by molar-refractivity contribution is 5.95. The van der Waals surface area contributed by atoms with Gasteiger partial charge in [0.2, 0.25) is 0 Å². The Kier molecular flexibility index (Phi) is 16.7. The zero-order chi connectivity index (χ0) is 56.1. The first-order valence-electron chi connectivity index (χ1n) is 27.7. The third-order valence-corrected chi connectivity index (χ3v) is 21.1. The van der Waals surface area contributed by atoms with Crippen molar-refractivity contribution in [3.63, 3.8) is 0 Å². The Labute approximate surface area is 450 Å². The van der Waals surface area contributed by atoms with Gasteiger partial charge in [-0.05, 0) is 108 Å². The number of hydrogen-bond donors (Lipinski definition) is 13. The number of anilines is 1. The number of ether oxygens (including phenoxy) is 7. The van der Waals surface area contributed by atoms with E-state index < -0.39 is 152 Å². The first kappa shape index (κ1) is 59.1. The van der Waals surface area contributed by atoms with Gasteiger partial charge in [0.05, 0.1) is 49.6 Å². The summed E-state index contributed by atoms with van der Waals surface area (Å²) >= 11 is 0. The summed E-state index contributed by atoms with van der Waals surface area (Å²) in [7, 11) is 1.75. The van der Waals surface area contributed by atoms with E-state index in [-0.39, 0.29) is 40.6 Å². The van der Waals surface area contributed by atoms with Crippen LogP contribution in [0.25, 0.3) is 0 Å². The fourth-order valence-corrected chi connectivity index (χ4v) is 16.4. The fraction of sp³-hybridized carbons (Fsp3) is 0.839. The van der Waals surface area contributed by atoms with Gasteiger partial charge < -0.3 is 99.8 Å². The lowest BCUT2D eigenvalue weighted by Crippen LogP contribution is -2.69. The molecule has 3 heterocycles. The Morgan fingerprint density at radius 1 is 0.649 bits per heavy atom. The summed E-state index contributed by atoms with van der Waals surface area (Å²) in [6.07, 6.45) is -18.8. The monoisotopic (exact) mass is 1090 g/mol. The summed E-state index contributed by atoms with van der Waals surface area (Å²) in [6.45, 7) is 13.6. The number of nitrogens with one attached hydrogen (secondary N) is 1. The van der Waals surface area contributed by atoms with Crippen molar-refractivity contribution in [1.82, 2.24) is 0 Å². The van der Waals surface area contributed by atoms with Gasteiger partial charge in [-0.15, -0.1) is 0 Å². The maximum Gasteiger partial charge on any atom is 0.340 e. The van der Waals surface area contributed by atoms with Gasteiger partial charge >= 0.3 is 5.97 Å². The van der Waals surface area contributed by atoms with Crippen molar-refractivity contribution in [2.45, 2.75) is 210 Å². The van der Waals surface area contributed by atoms with E-state index in [1.807, 2.05) is 12.1 Å². The van der Waals surface area contributed by atoms with Crippen LogP contribution >= 0.6 is 0 Å². The molecule has 3 saturated heterocycles. The molecule has 4 saturated carbocycles. The number of carbonyl (C=O) groups excluding carboxylic acids is 1. The average Bonchev–Trinajstić information content (AvgIpc) is 3.38. The predicted molar refractivity (Wildman–Crippen MR) is 272 cm³/mol. The molecule has 3 aliphatic heterocycles. The van der Waals surface area contributed by atoms with Crippen LogP contribution in [0.2, 0.25) is 0 Å². The maximum atomic E-state index is 14.0. The second kappa shape index (κ2) is 21.7. The molecule has 9 rings (SSSR count). The van der Waals surface area contributed by atoms with Gasteiger partial charge in [0, 0.05) is 12.7 Å². The van der Waals surface area contributed by atoms with Gasteiger partial charge in [0.1, 0.15) is 79.4 Å². The summed E-state index contributed by atoms with van der Waals surface area (Å²) < 4.78 is 41.8. The molecule has 13 N–H and O–H groups in total. The minimum atomic E-state index is -1.84. The third kappa shape index (κ3) is 9.73. The Balaban J connectivity index is 0.883. The molecule has 5 aliphatic carbocycles. The Morgan fingerprint density at radius 2 is 1.21 bits per heavy atom. The number of allylic oxidation sites excluding steroid dienone is 2. The molecule has 436 valence electrons. The minimum Gasteiger partial charge on any atom is -0.458 e. The van der Waals surface area contributed by atoms with Gasteiger partial charge in [0.15, 0.2) is 18.9 Å². The van der Waals surface area contributed by atoms with Crippen LogP contribution < -0.4 is 5.32 Å². The summed E-state index contributed by atoms with van der Waals surface area (Å²) in [5.74, 6) is -0.442. The van der Waals surface area contributed by atoms with E-state index >= 15 is 0 Å². The van der Waals surface area contributed by atoms with Gasteiger partial charge in [-0.2, -0.15) is 0 Å². The summed E-state index contributed by atoms with van der Waals surface area (Å²) in [4.78, 5) is 14.0. The first-order chi connectivity index (χ1) is 36.1. The molecule has 25 atom stereocenters. The molecular formula is C56H87NO20. The van der Waals surface area contributed by atoms with Crippen LogP contribution in [0, 0.1) is 50.2 Å². The van der Waals surface area contributed by atoms with Crippen LogP contribution in [0.1, 0.15) is 110 Å². The molecule has 0 bridgehead atoms. The first-order valence-corrected chi connectivity index (χ1v) is 27.7. The molecule has 1 aromatic carbocycles. The number of aliphatic hydroxyl groups is 12. The van der Waals surface area contributed by atoms with Crippen molar-refractivity contribution in [3.05, 3.63) is 41.5 Å². The number of para-hydroxylation sites is 1. The maximum absolute atomic E-state index is 14.0. The number of carbonyl (C=O) groups is 1. The van der Waals surface area contributed by atoms with Crippen molar-refractivity contribution in [2.75, 3.05) is 38.8 Å². The van der Waals surface area contributed by atoms with Crippen LogP contribution in [0.4, 0.5) is 5.69 Å². The van der Waals surface area contributed by atoms with Crippen molar-refractivity contribution >= 4 is 11.7 Å². The number of fused-ring (bicyclic) bond motifs is 7. The van der Waals surface area contributed by atoms with E-state index in [0.29, 0.717) is 36.9 Å². The SMILES string of the molecule is CNc1ccccc1C(=O)O[C@H]1CC(C)(C)C[C@H]2C3=CCC4[C@@]5(C)CC[C@H](O[C@@H]6O[C@H](CO[C@@H]7O[C@H](CO[C@@H]8O[C@H](CO)[C@@H](O)[C@H](O)[C@H]8O)[C@@H](O)[C@H](O)[C@H]7O)[C@@H](O)[C@H](O)[C@H]6O)C(C)(C)C5CC[C@@]4(C)[C@]3(C)C[C@H](O)[C@@]12CO. The van der Waals surface area contributed by atoms with Gasteiger partial charge in [-0.1, -0.05) is 72.2 Å². The quantitative estimate of drug-likeness (QED) is 0.0725. The molecule has 2 unspecified atom stereocenters. The van der Waals surface area contributed by atoms with Crippen LogP contribution in [0.3, 0.4) is 0 Å². The van der Waals surface area contributed by atoms with E-state index in [4.69, 9.17) is 33.2 Å². The normalized spacial score (nSPS) is 49.2. The number of hydrogen-bond acceptors (Lipinski definition) is 21. The van der Waals surface area contributed by atoms with Crippen LogP contribution in [-0.4, -0.2) is 211 Å². The van der Waals surface area contributed by atoms with Crippen LogP contribution in [-0.2, 0) is 33.2 Å². The number of rotatable bonds is 13. The standard InChI is InChI=1S/C56H87NO20/c1-51(2)19-28-27-13-14-34-53(5)17-16-36(52(3,4)33(53)15-18-54(34,6)55(27,7)20-35(60)56(28,25-59)37(21-51)76-47(70)26-11-9-10-12-29(26)57-8)77-50-46(69)43(66)40(63)32(75-50)24-72-49-45(68)42(65)39(62)31(74-49)23-71-48-44(67)41(64)38(61)30(22-58)73-48/h9-13,28,30-46,48-50,57-69H,14-25H2,1-8H3/t28-,30+,31+,32+,33?,34?,35-,36-,37-,38+,39+,40+,41-,42-,43-,44+,45+,46+,48+,49+,50-,53-,54+,55+,56-/m0/s1. The lowest BCUT2D eigenvalue weighted by molar-refractivity contribution is -0.350. The Morgan fingerprint density at radius 3 is 1.79 bits per heavy atom. The highest BCUT2D eigenvalue weighted by atomic mass is 16.7. The Hall–Kier alpha value is -2.49. The van der Waals surface area contributed by atoms with Crippen molar-refractivity contribution in [2.24, 2.45) is 50.2 Å². The number of benzene rings is 1. The topological polar surface area (TPSA) is 336 Å². The summed E-state index contributed by atoms with van der Waals surface area (Å²) in [5, 5.41) is 134. The Bertz CT molecular complexity index is 2290. The van der Waals surface area contributed by atoms with E-state index in [2.05, 4.69) is 59.9 Å². The highest BCUT2D eigenvalue weighted by Crippen LogP contribution is 2.76.